The van der Waals surface area contributed by atoms with Crippen LogP contribution in [0, 0.1) is 0 Å². The minimum Gasteiger partial charge on any atom is -0.497 e. The van der Waals surface area contributed by atoms with Crippen LogP contribution in [0.4, 0.5) is 0 Å². The largest absolute Gasteiger partial charge is 0.497 e. The molecule has 0 aliphatic heterocycles. The van der Waals surface area contributed by atoms with E-state index in [4.69, 9.17) is 9.47 Å². The van der Waals surface area contributed by atoms with Gasteiger partial charge in [0.2, 0.25) is 0 Å². The Balaban J connectivity index is 1.74. The lowest BCUT2D eigenvalue weighted by Crippen LogP contribution is -1.95. The monoisotopic (exact) mass is 344 g/mol. The van der Waals surface area contributed by atoms with Gasteiger partial charge in [0.1, 0.15) is 17.3 Å². The number of aromatic nitrogens is 2. The number of nitrogens with zero attached hydrogens (tertiary/aromatic N) is 2. The average Bonchev–Trinajstić information content (AvgIpc) is 3.08. The molecule has 0 atom stereocenters. The molecule has 4 heteroatoms. The van der Waals surface area contributed by atoms with Gasteiger partial charge < -0.3 is 14.0 Å². The normalized spacial score (nSPS) is 10.9. The fraction of sp³-hybridized carbons (Fsp3) is 0.136. The Morgan fingerprint density at radius 1 is 0.731 bits per heavy atom. The highest BCUT2D eigenvalue weighted by Gasteiger charge is 2.11. The molecule has 0 aliphatic carbocycles. The lowest BCUT2D eigenvalue weighted by Gasteiger charge is -2.09. The number of ether oxygens (including phenoxy) is 2. The standard InChI is InChI=1S/C22H20N2O2/c1-24-21(14-23-22(24)15-6-9-19(25-2)10-7-15)18-5-4-17-13-20(26-3)11-8-16(17)12-18/h4-14H,1-3H3. The Kier molecular flexibility index (Phi) is 4.09. The van der Waals surface area contributed by atoms with Gasteiger partial charge in [-0.15, -0.1) is 0 Å². The molecule has 0 spiro atoms. The third-order valence-electron chi connectivity index (χ3n) is 4.68. The SMILES string of the molecule is COc1ccc(-c2ncc(-c3ccc4cc(OC)ccc4c3)n2C)cc1. The van der Waals surface area contributed by atoms with Crippen molar-refractivity contribution in [3.8, 4) is 34.1 Å². The van der Waals surface area contributed by atoms with Gasteiger partial charge in [-0.25, -0.2) is 4.98 Å². The van der Waals surface area contributed by atoms with Crippen LogP contribution in [0.3, 0.4) is 0 Å². The van der Waals surface area contributed by atoms with Crippen LogP contribution in [0.2, 0.25) is 0 Å². The smallest absolute Gasteiger partial charge is 0.140 e. The Bertz CT molecular complexity index is 1070. The molecule has 1 heterocycles. The Hall–Kier alpha value is -3.27. The van der Waals surface area contributed by atoms with E-state index in [9.17, 15) is 0 Å². The topological polar surface area (TPSA) is 36.3 Å². The Morgan fingerprint density at radius 3 is 2.08 bits per heavy atom. The minimum absolute atomic E-state index is 0.841. The zero-order valence-electron chi connectivity index (χ0n) is 15.1. The summed E-state index contributed by atoms with van der Waals surface area (Å²) < 4.78 is 12.7. The molecule has 0 unspecified atom stereocenters. The molecule has 0 radical (unpaired) electrons. The zero-order chi connectivity index (χ0) is 18.1. The second kappa shape index (κ2) is 6.56. The van der Waals surface area contributed by atoms with Crippen LogP contribution in [-0.2, 0) is 7.05 Å². The second-order valence-electron chi connectivity index (χ2n) is 6.18. The maximum Gasteiger partial charge on any atom is 0.140 e. The first-order valence-corrected chi connectivity index (χ1v) is 8.44. The summed E-state index contributed by atoms with van der Waals surface area (Å²) in [6, 6.07) is 20.5. The van der Waals surface area contributed by atoms with Gasteiger partial charge in [-0.2, -0.15) is 0 Å². The third kappa shape index (κ3) is 2.80. The van der Waals surface area contributed by atoms with Crippen LogP contribution in [0.1, 0.15) is 0 Å². The van der Waals surface area contributed by atoms with Crippen LogP contribution in [0.15, 0.2) is 66.9 Å². The molecule has 0 bridgehead atoms. The van der Waals surface area contributed by atoms with Gasteiger partial charge in [0.25, 0.3) is 0 Å². The van der Waals surface area contributed by atoms with Gasteiger partial charge in [0.15, 0.2) is 0 Å². The number of hydrogen-bond donors (Lipinski definition) is 0. The van der Waals surface area contributed by atoms with E-state index in [1.54, 1.807) is 14.2 Å². The van der Waals surface area contributed by atoms with Crippen molar-refractivity contribution in [2.45, 2.75) is 0 Å². The summed E-state index contributed by atoms with van der Waals surface area (Å²) in [7, 11) is 5.40. The summed E-state index contributed by atoms with van der Waals surface area (Å²) in [5.41, 5.74) is 3.27. The summed E-state index contributed by atoms with van der Waals surface area (Å²) in [5, 5.41) is 2.33. The van der Waals surface area contributed by atoms with Crippen molar-refractivity contribution in [2.75, 3.05) is 14.2 Å². The fourth-order valence-corrected chi connectivity index (χ4v) is 3.20. The molecular formula is C22H20N2O2. The number of methoxy groups -OCH3 is 2. The molecular weight excluding hydrogens is 324 g/mol. The summed E-state index contributed by atoms with van der Waals surface area (Å²) in [5.74, 6) is 2.64. The van der Waals surface area contributed by atoms with Gasteiger partial charge in [0, 0.05) is 18.2 Å². The molecule has 4 aromatic rings. The predicted octanol–water partition coefficient (Wildman–Crippen LogP) is 4.92. The molecule has 0 saturated carbocycles. The molecule has 0 saturated heterocycles. The summed E-state index contributed by atoms with van der Waals surface area (Å²) in [6.45, 7) is 0. The first-order chi connectivity index (χ1) is 12.7. The van der Waals surface area contributed by atoms with Crippen molar-refractivity contribution in [3.63, 3.8) is 0 Å². The zero-order valence-corrected chi connectivity index (χ0v) is 15.1. The van der Waals surface area contributed by atoms with Gasteiger partial charge in [-0.3, -0.25) is 0 Å². The van der Waals surface area contributed by atoms with Gasteiger partial charge >= 0.3 is 0 Å². The average molecular weight is 344 g/mol. The second-order valence-corrected chi connectivity index (χ2v) is 6.18. The van der Waals surface area contributed by atoms with Crippen LogP contribution in [0.25, 0.3) is 33.4 Å². The van der Waals surface area contributed by atoms with E-state index in [0.717, 1.165) is 39.5 Å². The third-order valence-corrected chi connectivity index (χ3v) is 4.68. The quantitative estimate of drug-likeness (QED) is 0.527. The highest BCUT2D eigenvalue weighted by molar-refractivity contribution is 5.88. The first-order valence-electron chi connectivity index (χ1n) is 8.44. The summed E-state index contributed by atoms with van der Waals surface area (Å²) >= 11 is 0. The highest BCUT2D eigenvalue weighted by Crippen LogP contribution is 2.30. The van der Waals surface area contributed by atoms with Crippen molar-refractivity contribution >= 4 is 10.8 Å². The van der Waals surface area contributed by atoms with Crippen LogP contribution in [-0.4, -0.2) is 23.8 Å². The highest BCUT2D eigenvalue weighted by atomic mass is 16.5. The van der Waals surface area contributed by atoms with Crippen LogP contribution < -0.4 is 9.47 Å². The van der Waals surface area contributed by atoms with E-state index in [-0.39, 0.29) is 0 Å². The maximum absolute atomic E-state index is 5.30. The predicted molar refractivity (Wildman–Crippen MR) is 105 cm³/mol. The molecule has 130 valence electrons. The van der Waals surface area contributed by atoms with Crippen molar-refractivity contribution in [1.29, 1.82) is 0 Å². The van der Waals surface area contributed by atoms with E-state index >= 15 is 0 Å². The number of hydrogen-bond acceptors (Lipinski definition) is 3. The Labute approximate surface area is 152 Å². The molecule has 3 aromatic carbocycles. The number of rotatable bonds is 4. The molecule has 0 aliphatic rings. The molecule has 4 nitrogen and oxygen atoms in total. The molecule has 0 fully saturated rings. The van der Waals surface area contributed by atoms with Crippen LogP contribution in [0.5, 0.6) is 11.5 Å². The van der Waals surface area contributed by atoms with E-state index < -0.39 is 0 Å². The van der Waals surface area contributed by atoms with Crippen molar-refractivity contribution in [3.05, 3.63) is 66.9 Å². The van der Waals surface area contributed by atoms with Crippen molar-refractivity contribution in [2.24, 2.45) is 7.05 Å². The fourth-order valence-electron chi connectivity index (χ4n) is 3.20. The molecule has 1 aromatic heterocycles. The maximum atomic E-state index is 5.30. The summed E-state index contributed by atoms with van der Waals surface area (Å²) in [6.07, 6.45) is 1.92. The lowest BCUT2D eigenvalue weighted by molar-refractivity contribution is 0.415. The van der Waals surface area contributed by atoms with E-state index in [1.807, 2.05) is 49.6 Å². The van der Waals surface area contributed by atoms with Gasteiger partial charge in [0.05, 0.1) is 26.1 Å². The van der Waals surface area contributed by atoms with Crippen LogP contribution >= 0.6 is 0 Å². The summed E-state index contributed by atoms with van der Waals surface area (Å²) in [4.78, 5) is 4.63. The molecule has 0 N–H and O–H groups in total. The Morgan fingerprint density at radius 2 is 1.35 bits per heavy atom. The minimum atomic E-state index is 0.841. The lowest BCUT2D eigenvalue weighted by atomic mass is 10.0. The molecule has 0 amide bonds. The first kappa shape index (κ1) is 16.2. The molecule has 4 rings (SSSR count). The van der Waals surface area contributed by atoms with Gasteiger partial charge in [-0.1, -0.05) is 18.2 Å². The van der Waals surface area contributed by atoms with E-state index in [2.05, 4.69) is 33.8 Å². The van der Waals surface area contributed by atoms with Crippen molar-refractivity contribution < 1.29 is 9.47 Å². The number of imidazole rings is 1. The van der Waals surface area contributed by atoms with E-state index in [0.29, 0.717) is 0 Å². The molecule has 26 heavy (non-hydrogen) atoms. The van der Waals surface area contributed by atoms with Gasteiger partial charge in [-0.05, 0) is 53.2 Å². The number of fused-ring (bicyclic) bond motifs is 1. The number of benzene rings is 3. The van der Waals surface area contributed by atoms with Crippen molar-refractivity contribution in [1.82, 2.24) is 9.55 Å². The van der Waals surface area contributed by atoms with E-state index in [1.165, 1.54) is 5.39 Å².